The van der Waals surface area contributed by atoms with E-state index in [0.717, 1.165) is 5.56 Å². The van der Waals surface area contributed by atoms with E-state index >= 15 is 0 Å². The van der Waals surface area contributed by atoms with Gasteiger partial charge in [-0.2, -0.15) is 0 Å². The third kappa shape index (κ3) is 2.93. The Hall–Kier alpha value is -2.95. The highest BCUT2D eigenvalue weighted by molar-refractivity contribution is 5.83. The van der Waals surface area contributed by atoms with E-state index in [1.807, 2.05) is 32.0 Å². The molecule has 0 aliphatic carbocycles. The van der Waals surface area contributed by atoms with Crippen LogP contribution in [0.4, 0.5) is 0 Å². The van der Waals surface area contributed by atoms with E-state index in [1.54, 1.807) is 18.2 Å². The Labute approximate surface area is 144 Å². The quantitative estimate of drug-likeness (QED) is 0.722. The van der Waals surface area contributed by atoms with Crippen LogP contribution in [-0.2, 0) is 0 Å². The fraction of sp³-hybridized carbons (Fsp3) is 0.250. The summed E-state index contributed by atoms with van der Waals surface area (Å²) in [7, 11) is 0. The molecule has 0 fully saturated rings. The molecule has 0 amide bonds. The lowest BCUT2D eigenvalue weighted by Gasteiger charge is -2.18. The molecule has 0 atom stereocenters. The number of hydrogen-bond acceptors (Lipinski definition) is 5. The molecule has 0 saturated heterocycles. The van der Waals surface area contributed by atoms with Gasteiger partial charge in [-0.05, 0) is 43.7 Å². The largest absolute Gasteiger partial charge is 0.491 e. The van der Waals surface area contributed by atoms with E-state index in [2.05, 4.69) is 0 Å². The van der Waals surface area contributed by atoms with Crippen molar-refractivity contribution in [3.8, 4) is 28.4 Å². The van der Waals surface area contributed by atoms with Crippen LogP contribution in [0.1, 0.15) is 13.8 Å². The second kappa shape index (κ2) is 6.16. The molecule has 0 saturated carbocycles. The molecule has 2 aromatic carbocycles. The van der Waals surface area contributed by atoms with Crippen LogP contribution in [0.5, 0.6) is 17.2 Å². The predicted octanol–water partition coefficient (Wildman–Crippen LogP) is 4.02. The van der Waals surface area contributed by atoms with E-state index in [9.17, 15) is 4.79 Å². The van der Waals surface area contributed by atoms with Crippen LogP contribution in [0.2, 0.25) is 0 Å². The number of fused-ring (bicyclic) bond motifs is 2. The number of ether oxygens (including phenoxy) is 3. The van der Waals surface area contributed by atoms with E-state index in [-0.39, 0.29) is 11.5 Å². The summed E-state index contributed by atoms with van der Waals surface area (Å²) in [5, 5.41) is 0.517. The van der Waals surface area contributed by atoms with Gasteiger partial charge in [-0.15, -0.1) is 0 Å². The summed E-state index contributed by atoms with van der Waals surface area (Å²) >= 11 is 0. The number of benzene rings is 2. The average molecular weight is 338 g/mol. The van der Waals surface area contributed by atoms with Gasteiger partial charge in [-0.25, -0.2) is 0 Å². The molecule has 5 heteroatoms. The van der Waals surface area contributed by atoms with Gasteiger partial charge in [-0.3, -0.25) is 4.79 Å². The van der Waals surface area contributed by atoms with Gasteiger partial charge in [0.1, 0.15) is 30.8 Å². The van der Waals surface area contributed by atoms with Crippen molar-refractivity contribution in [2.24, 2.45) is 0 Å². The van der Waals surface area contributed by atoms with Crippen LogP contribution >= 0.6 is 0 Å². The highest BCUT2D eigenvalue weighted by Gasteiger charge is 2.15. The van der Waals surface area contributed by atoms with Gasteiger partial charge in [0.05, 0.1) is 17.1 Å². The van der Waals surface area contributed by atoms with Gasteiger partial charge in [0.2, 0.25) is 0 Å². The van der Waals surface area contributed by atoms with Crippen molar-refractivity contribution in [2.45, 2.75) is 20.0 Å². The van der Waals surface area contributed by atoms with E-state index < -0.39 is 0 Å². The van der Waals surface area contributed by atoms with E-state index in [4.69, 9.17) is 18.6 Å². The second-order valence-electron chi connectivity index (χ2n) is 6.16. The number of hydrogen-bond donors (Lipinski definition) is 0. The van der Waals surface area contributed by atoms with Crippen LogP contribution in [0.3, 0.4) is 0 Å². The molecule has 25 heavy (non-hydrogen) atoms. The molecule has 0 spiro atoms. The van der Waals surface area contributed by atoms with Gasteiger partial charge in [0.25, 0.3) is 0 Å². The zero-order valence-corrected chi connectivity index (χ0v) is 14.1. The van der Waals surface area contributed by atoms with Gasteiger partial charge in [0.15, 0.2) is 16.9 Å². The fourth-order valence-electron chi connectivity index (χ4n) is 2.86. The first kappa shape index (κ1) is 15.6. The Morgan fingerprint density at radius 2 is 1.80 bits per heavy atom. The van der Waals surface area contributed by atoms with Crippen LogP contribution in [0, 0.1) is 0 Å². The smallest absolute Gasteiger partial charge is 0.200 e. The SMILES string of the molecule is CC(C)Oc1ccc2c(=O)c(-c3ccc4c(c3)OCCO4)coc2c1. The Balaban J connectivity index is 1.78. The van der Waals surface area contributed by atoms with Crippen molar-refractivity contribution < 1.29 is 18.6 Å². The second-order valence-corrected chi connectivity index (χ2v) is 6.16. The summed E-state index contributed by atoms with van der Waals surface area (Å²) in [6, 6.07) is 10.7. The maximum Gasteiger partial charge on any atom is 0.200 e. The molecule has 0 N–H and O–H groups in total. The van der Waals surface area contributed by atoms with Crippen LogP contribution in [0.15, 0.2) is 51.9 Å². The van der Waals surface area contributed by atoms with Crippen LogP contribution in [-0.4, -0.2) is 19.3 Å². The van der Waals surface area contributed by atoms with Gasteiger partial charge >= 0.3 is 0 Å². The molecule has 1 aliphatic rings. The van der Waals surface area contributed by atoms with Crippen molar-refractivity contribution in [2.75, 3.05) is 13.2 Å². The molecule has 0 radical (unpaired) electrons. The highest BCUT2D eigenvalue weighted by Crippen LogP contribution is 2.34. The Morgan fingerprint density at radius 1 is 1.00 bits per heavy atom. The normalized spacial score (nSPS) is 13.2. The molecular formula is C20H18O5. The standard InChI is InChI=1S/C20H18O5/c1-12(2)25-14-4-5-15-18(10-14)24-11-16(20(15)21)13-3-6-17-19(9-13)23-8-7-22-17/h3-6,9-12H,7-8H2,1-2H3. The summed E-state index contributed by atoms with van der Waals surface area (Å²) < 4.78 is 22.4. The molecule has 3 aromatic rings. The van der Waals surface area contributed by atoms with Crippen LogP contribution in [0.25, 0.3) is 22.1 Å². The molecule has 0 unspecified atom stereocenters. The molecule has 0 bridgehead atoms. The Kier molecular flexibility index (Phi) is 3.84. The minimum atomic E-state index is -0.0889. The Morgan fingerprint density at radius 3 is 2.60 bits per heavy atom. The third-order valence-electron chi connectivity index (χ3n) is 3.97. The molecular weight excluding hydrogens is 320 g/mol. The molecule has 4 rings (SSSR count). The summed E-state index contributed by atoms with van der Waals surface area (Å²) in [5.41, 5.74) is 1.64. The lowest BCUT2D eigenvalue weighted by atomic mass is 10.0. The molecule has 2 heterocycles. The maximum atomic E-state index is 12.9. The zero-order valence-electron chi connectivity index (χ0n) is 14.1. The number of rotatable bonds is 3. The van der Waals surface area contributed by atoms with Crippen molar-refractivity contribution in [3.63, 3.8) is 0 Å². The van der Waals surface area contributed by atoms with Crippen molar-refractivity contribution in [1.82, 2.24) is 0 Å². The van der Waals surface area contributed by atoms with Gasteiger partial charge in [0, 0.05) is 6.07 Å². The van der Waals surface area contributed by atoms with Crippen LogP contribution < -0.4 is 19.6 Å². The van der Waals surface area contributed by atoms with Crippen molar-refractivity contribution >= 4 is 11.0 Å². The topological polar surface area (TPSA) is 57.9 Å². The van der Waals surface area contributed by atoms with E-state index in [0.29, 0.717) is 47.0 Å². The minimum absolute atomic E-state index is 0.0566. The molecule has 1 aliphatic heterocycles. The fourth-order valence-corrected chi connectivity index (χ4v) is 2.86. The average Bonchev–Trinajstić information content (AvgIpc) is 2.61. The zero-order chi connectivity index (χ0) is 17.4. The summed E-state index contributed by atoms with van der Waals surface area (Å²) in [6.45, 7) is 4.93. The van der Waals surface area contributed by atoms with E-state index in [1.165, 1.54) is 6.26 Å². The van der Waals surface area contributed by atoms with Crippen molar-refractivity contribution in [3.05, 3.63) is 52.9 Å². The lowest BCUT2D eigenvalue weighted by Crippen LogP contribution is -2.15. The maximum absolute atomic E-state index is 12.9. The first-order valence-electron chi connectivity index (χ1n) is 8.24. The third-order valence-corrected chi connectivity index (χ3v) is 3.97. The first-order chi connectivity index (χ1) is 12.1. The lowest BCUT2D eigenvalue weighted by molar-refractivity contribution is 0.171. The van der Waals surface area contributed by atoms with Gasteiger partial charge < -0.3 is 18.6 Å². The highest BCUT2D eigenvalue weighted by atomic mass is 16.6. The monoisotopic (exact) mass is 338 g/mol. The molecule has 5 nitrogen and oxygen atoms in total. The predicted molar refractivity (Wildman–Crippen MR) is 94.7 cm³/mol. The Bertz CT molecular complexity index is 987. The summed E-state index contributed by atoms with van der Waals surface area (Å²) in [4.78, 5) is 12.9. The first-order valence-corrected chi connectivity index (χ1v) is 8.24. The summed E-state index contributed by atoms with van der Waals surface area (Å²) in [6.07, 6.45) is 1.54. The minimum Gasteiger partial charge on any atom is -0.491 e. The van der Waals surface area contributed by atoms with Crippen molar-refractivity contribution in [1.29, 1.82) is 0 Å². The summed E-state index contributed by atoms with van der Waals surface area (Å²) in [5.74, 6) is 2.01. The molecule has 128 valence electrons. The molecule has 1 aromatic heterocycles. The van der Waals surface area contributed by atoms with Gasteiger partial charge in [-0.1, -0.05) is 6.07 Å².